The first-order valence-corrected chi connectivity index (χ1v) is 8.89. The maximum atomic E-state index is 12.3. The van der Waals surface area contributed by atoms with Gasteiger partial charge in [-0.05, 0) is 23.8 Å². The molecule has 0 atom stereocenters. The second-order valence-corrected chi connectivity index (χ2v) is 6.71. The lowest BCUT2D eigenvalue weighted by Gasteiger charge is -2.17. The highest BCUT2D eigenvalue weighted by Crippen LogP contribution is 2.28. The molecule has 1 N–H and O–H groups in total. The highest BCUT2D eigenvalue weighted by Gasteiger charge is 2.26. The van der Waals surface area contributed by atoms with Crippen LogP contribution in [0.5, 0.6) is 0 Å². The Hall–Kier alpha value is -2.80. The van der Waals surface area contributed by atoms with Gasteiger partial charge < -0.3 is 4.74 Å². The zero-order chi connectivity index (χ0) is 17.0. The molecule has 0 saturated carbocycles. The number of anilines is 2. The average molecular weight is 344 g/mol. The standard InChI is InChI=1S/C17H16N2O4S/c20-17-19(11-12-23-17)16-9-5-4-8-15(16)18-24(21,22)13-10-14-6-2-1-3-7-14/h1-10,13,18H,11-12H2/b13-10+. The highest BCUT2D eigenvalue weighted by atomic mass is 32.2. The molecule has 1 fully saturated rings. The number of hydrogen-bond acceptors (Lipinski definition) is 4. The molecular formula is C17H16N2O4S. The SMILES string of the molecule is O=C1OCCN1c1ccccc1NS(=O)(=O)/C=C/c1ccccc1. The van der Waals surface area contributed by atoms with Gasteiger partial charge in [0.15, 0.2) is 0 Å². The first-order chi connectivity index (χ1) is 11.6. The van der Waals surface area contributed by atoms with Crippen LogP contribution in [0.2, 0.25) is 0 Å². The molecule has 1 amide bonds. The zero-order valence-electron chi connectivity index (χ0n) is 12.8. The molecule has 0 spiro atoms. The van der Waals surface area contributed by atoms with E-state index in [0.717, 1.165) is 11.0 Å². The molecule has 7 heteroatoms. The van der Waals surface area contributed by atoms with E-state index in [4.69, 9.17) is 4.74 Å². The molecule has 6 nitrogen and oxygen atoms in total. The number of nitrogens with zero attached hydrogens (tertiary/aromatic N) is 1. The summed E-state index contributed by atoms with van der Waals surface area (Å²) >= 11 is 0. The van der Waals surface area contributed by atoms with E-state index in [9.17, 15) is 13.2 Å². The van der Waals surface area contributed by atoms with Gasteiger partial charge in [0.2, 0.25) is 0 Å². The second-order valence-electron chi connectivity index (χ2n) is 5.14. The van der Waals surface area contributed by atoms with E-state index in [1.807, 2.05) is 18.2 Å². The van der Waals surface area contributed by atoms with Crippen molar-refractivity contribution in [2.24, 2.45) is 0 Å². The van der Waals surface area contributed by atoms with E-state index in [-0.39, 0.29) is 6.61 Å². The number of amides is 1. The van der Waals surface area contributed by atoms with Crippen molar-refractivity contribution in [2.45, 2.75) is 0 Å². The van der Waals surface area contributed by atoms with Crippen LogP contribution in [0.25, 0.3) is 6.08 Å². The van der Waals surface area contributed by atoms with Gasteiger partial charge in [0.05, 0.1) is 23.3 Å². The zero-order valence-corrected chi connectivity index (χ0v) is 13.6. The molecular weight excluding hydrogens is 328 g/mol. The van der Waals surface area contributed by atoms with E-state index in [1.165, 1.54) is 11.0 Å². The average Bonchev–Trinajstić information content (AvgIpc) is 3.00. The van der Waals surface area contributed by atoms with Crippen LogP contribution in [0.3, 0.4) is 0 Å². The first-order valence-electron chi connectivity index (χ1n) is 7.34. The van der Waals surface area contributed by atoms with Crippen molar-refractivity contribution in [3.05, 3.63) is 65.6 Å². The van der Waals surface area contributed by atoms with Crippen LogP contribution in [0.15, 0.2) is 60.0 Å². The molecule has 2 aromatic carbocycles. The Bertz CT molecular complexity index is 863. The third kappa shape index (κ3) is 3.75. The van der Waals surface area contributed by atoms with Gasteiger partial charge in [-0.2, -0.15) is 0 Å². The number of carbonyl (C=O) groups is 1. The van der Waals surface area contributed by atoms with E-state index in [2.05, 4.69) is 4.72 Å². The van der Waals surface area contributed by atoms with Crippen LogP contribution in [0.1, 0.15) is 5.56 Å². The molecule has 0 bridgehead atoms. The number of para-hydroxylation sites is 2. The minimum absolute atomic E-state index is 0.286. The summed E-state index contributed by atoms with van der Waals surface area (Å²) in [5.41, 5.74) is 1.57. The number of rotatable bonds is 5. The fraction of sp³-hybridized carbons (Fsp3) is 0.118. The predicted molar refractivity (Wildman–Crippen MR) is 93.2 cm³/mol. The summed E-state index contributed by atoms with van der Waals surface area (Å²) in [7, 11) is -3.71. The summed E-state index contributed by atoms with van der Waals surface area (Å²) in [5, 5.41) is 1.10. The molecule has 1 aliphatic heterocycles. The Morgan fingerprint density at radius 3 is 2.46 bits per heavy atom. The summed E-state index contributed by atoms with van der Waals surface area (Å²) in [4.78, 5) is 13.1. The smallest absolute Gasteiger partial charge is 0.414 e. The molecule has 0 aliphatic carbocycles. The van der Waals surface area contributed by atoms with E-state index in [0.29, 0.717) is 17.9 Å². The fourth-order valence-electron chi connectivity index (χ4n) is 2.33. The summed E-state index contributed by atoms with van der Waals surface area (Å²) < 4.78 is 32.0. The summed E-state index contributed by atoms with van der Waals surface area (Å²) in [5.74, 6) is 0. The third-order valence-electron chi connectivity index (χ3n) is 3.45. The monoisotopic (exact) mass is 344 g/mol. The van der Waals surface area contributed by atoms with Crippen LogP contribution in [0.4, 0.5) is 16.2 Å². The molecule has 0 unspecified atom stereocenters. The van der Waals surface area contributed by atoms with Crippen molar-refractivity contribution < 1.29 is 17.9 Å². The number of carbonyl (C=O) groups excluding carboxylic acids is 1. The van der Waals surface area contributed by atoms with Gasteiger partial charge in [-0.25, -0.2) is 13.2 Å². The van der Waals surface area contributed by atoms with Gasteiger partial charge >= 0.3 is 6.09 Å². The lowest BCUT2D eigenvalue weighted by molar-refractivity contribution is 0.181. The van der Waals surface area contributed by atoms with Gasteiger partial charge in [-0.1, -0.05) is 42.5 Å². The van der Waals surface area contributed by atoms with Crippen LogP contribution in [0, 0.1) is 0 Å². The van der Waals surface area contributed by atoms with Gasteiger partial charge in [0.25, 0.3) is 10.0 Å². The fourth-order valence-corrected chi connectivity index (χ4v) is 3.21. The number of ether oxygens (including phenoxy) is 1. The van der Waals surface area contributed by atoms with Crippen LogP contribution in [-0.4, -0.2) is 27.7 Å². The Balaban J connectivity index is 1.83. The van der Waals surface area contributed by atoms with Crippen molar-refractivity contribution in [1.82, 2.24) is 0 Å². The minimum Gasteiger partial charge on any atom is -0.447 e. The Morgan fingerprint density at radius 2 is 1.75 bits per heavy atom. The van der Waals surface area contributed by atoms with Crippen LogP contribution >= 0.6 is 0 Å². The number of nitrogens with one attached hydrogen (secondary N) is 1. The quantitative estimate of drug-likeness (QED) is 0.904. The van der Waals surface area contributed by atoms with Crippen molar-refractivity contribution in [1.29, 1.82) is 0 Å². The van der Waals surface area contributed by atoms with Crippen molar-refractivity contribution in [3.8, 4) is 0 Å². The number of cyclic esters (lactones) is 1. The molecule has 0 radical (unpaired) electrons. The number of sulfonamides is 1. The Labute approximate surface area is 140 Å². The lowest BCUT2D eigenvalue weighted by atomic mass is 10.2. The van der Waals surface area contributed by atoms with Gasteiger partial charge in [0.1, 0.15) is 6.61 Å². The van der Waals surface area contributed by atoms with E-state index in [1.54, 1.807) is 36.4 Å². The first kappa shape index (κ1) is 16.1. The highest BCUT2D eigenvalue weighted by molar-refractivity contribution is 7.95. The topological polar surface area (TPSA) is 75.7 Å². The molecule has 1 saturated heterocycles. The Morgan fingerprint density at radius 1 is 1.04 bits per heavy atom. The minimum atomic E-state index is -3.71. The molecule has 24 heavy (non-hydrogen) atoms. The van der Waals surface area contributed by atoms with Crippen LogP contribution in [-0.2, 0) is 14.8 Å². The summed E-state index contributed by atoms with van der Waals surface area (Å²) in [6.45, 7) is 0.672. The second kappa shape index (κ2) is 6.76. The molecule has 0 aromatic heterocycles. The van der Waals surface area contributed by atoms with Crippen molar-refractivity contribution in [2.75, 3.05) is 22.8 Å². The molecule has 3 rings (SSSR count). The number of benzene rings is 2. The molecule has 1 aliphatic rings. The summed E-state index contributed by atoms with van der Waals surface area (Å²) in [6, 6.07) is 15.8. The lowest BCUT2D eigenvalue weighted by Crippen LogP contribution is -2.25. The molecule has 124 valence electrons. The van der Waals surface area contributed by atoms with Gasteiger partial charge in [-0.3, -0.25) is 9.62 Å². The maximum Gasteiger partial charge on any atom is 0.414 e. The van der Waals surface area contributed by atoms with E-state index >= 15 is 0 Å². The summed E-state index contributed by atoms with van der Waals surface area (Å²) in [6.07, 6.45) is 1.02. The van der Waals surface area contributed by atoms with Crippen molar-refractivity contribution >= 4 is 33.6 Å². The number of hydrogen-bond donors (Lipinski definition) is 1. The normalized spacial score (nSPS) is 14.8. The maximum absolute atomic E-state index is 12.3. The third-order valence-corrected chi connectivity index (χ3v) is 4.45. The Kier molecular flexibility index (Phi) is 4.52. The largest absolute Gasteiger partial charge is 0.447 e. The van der Waals surface area contributed by atoms with Crippen molar-refractivity contribution in [3.63, 3.8) is 0 Å². The molecule has 1 heterocycles. The van der Waals surface area contributed by atoms with Gasteiger partial charge in [-0.15, -0.1) is 0 Å². The van der Waals surface area contributed by atoms with Gasteiger partial charge in [0, 0.05) is 0 Å². The predicted octanol–water partition coefficient (Wildman–Crippen LogP) is 3.06. The van der Waals surface area contributed by atoms with E-state index < -0.39 is 16.1 Å². The van der Waals surface area contributed by atoms with Crippen LogP contribution < -0.4 is 9.62 Å². The molecule has 2 aromatic rings.